The Hall–Kier alpha value is -1.78. The Morgan fingerprint density at radius 2 is 2.24 bits per heavy atom. The molecule has 1 aromatic heterocycles. The number of aryl methyl sites for hydroxylation is 1. The smallest absolute Gasteiger partial charge is 0.223 e. The largest absolute Gasteiger partial charge is 0.503 e. The second-order valence-corrected chi connectivity index (χ2v) is 6.54. The predicted molar refractivity (Wildman–Crippen MR) is 78.7 cm³/mol. The van der Waals surface area contributed by atoms with Crippen molar-refractivity contribution >= 4 is 5.91 Å². The van der Waals surface area contributed by atoms with Crippen LogP contribution in [-0.4, -0.2) is 15.6 Å². The molecule has 0 saturated heterocycles. The minimum atomic E-state index is -0.412. The van der Waals surface area contributed by atoms with Crippen molar-refractivity contribution in [3.8, 4) is 5.75 Å². The molecule has 0 radical (unpaired) electrons. The van der Waals surface area contributed by atoms with Gasteiger partial charge in [-0.15, -0.1) is 0 Å². The number of aromatic nitrogens is 1. The van der Waals surface area contributed by atoms with E-state index in [0.29, 0.717) is 24.6 Å². The highest BCUT2D eigenvalue weighted by molar-refractivity contribution is 5.76. The van der Waals surface area contributed by atoms with Gasteiger partial charge in [-0.05, 0) is 37.0 Å². The van der Waals surface area contributed by atoms with Crippen LogP contribution in [0.3, 0.4) is 0 Å². The van der Waals surface area contributed by atoms with Gasteiger partial charge in [-0.3, -0.25) is 9.59 Å². The molecule has 5 nitrogen and oxygen atoms in total. The zero-order chi connectivity index (χ0) is 15.0. The molecule has 2 bridgehead atoms. The third kappa shape index (κ3) is 2.96. The van der Waals surface area contributed by atoms with E-state index in [1.54, 1.807) is 11.6 Å². The maximum Gasteiger partial charge on any atom is 0.223 e. The van der Waals surface area contributed by atoms with Gasteiger partial charge in [0.05, 0.1) is 6.54 Å². The average molecular weight is 290 g/mol. The monoisotopic (exact) mass is 290 g/mol. The molecular formula is C16H22N2O3. The first-order valence-electron chi connectivity index (χ1n) is 7.68. The van der Waals surface area contributed by atoms with Gasteiger partial charge in [0.15, 0.2) is 5.75 Å². The Balaban J connectivity index is 1.54. The molecule has 2 aliphatic rings. The van der Waals surface area contributed by atoms with Crippen molar-refractivity contribution in [2.45, 2.75) is 38.6 Å². The molecule has 1 heterocycles. The summed E-state index contributed by atoms with van der Waals surface area (Å²) in [5.41, 5.74) is 0.282. The van der Waals surface area contributed by atoms with Crippen molar-refractivity contribution in [3.05, 3.63) is 28.2 Å². The maximum absolute atomic E-state index is 12.1. The summed E-state index contributed by atoms with van der Waals surface area (Å²) in [5.74, 6) is 1.94. The molecule has 114 valence electrons. The fourth-order valence-electron chi connectivity index (χ4n) is 3.96. The number of hydrogen-bond acceptors (Lipinski definition) is 3. The summed E-state index contributed by atoms with van der Waals surface area (Å²) in [4.78, 5) is 23.5. The normalized spacial score (nSPS) is 27.0. The minimum Gasteiger partial charge on any atom is -0.503 e. The summed E-state index contributed by atoms with van der Waals surface area (Å²) >= 11 is 0. The fourth-order valence-corrected chi connectivity index (χ4v) is 3.96. The van der Waals surface area contributed by atoms with Gasteiger partial charge >= 0.3 is 0 Å². The quantitative estimate of drug-likeness (QED) is 0.883. The van der Waals surface area contributed by atoms with E-state index in [9.17, 15) is 14.7 Å². The molecule has 0 spiro atoms. The number of fused-ring (bicyclic) bond motifs is 2. The second-order valence-electron chi connectivity index (χ2n) is 6.54. The van der Waals surface area contributed by atoms with E-state index in [2.05, 4.69) is 5.32 Å². The lowest BCUT2D eigenvalue weighted by Gasteiger charge is -2.21. The molecular weight excluding hydrogens is 268 g/mol. The minimum absolute atomic E-state index is 0.0630. The molecule has 5 heteroatoms. The Bertz CT molecular complexity index is 608. The molecule has 21 heavy (non-hydrogen) atoms. The molecule has 0 aromatic carbocycles. The molecule has 3 rings (SSSR count). The third-order valence-electron chi connectivity index (χ3n) is 5.12. The van der Waals surface area contributed by atoms with Gasteiger partial charge in [0.25, 0.3) is 0 Å². The van der Waals surface area contributed by atoms with Crippen LogP contribution in [0.15, 0.2) is 17.1 Å². The Morgan fingerprint density at radius 1 is 1.43 bits per heavy atom. The number of nitrogens with one attached hydrogen (secondary N) is 1. The van der Waals surface area contributed by atoms with Crippen molar-refractivity contribution in [2.75, 3.05) is 0 Å². The number of amides is 1. The van der Waals surface area contributed by atoms with E-state index in [4.69, 9.17) is 0 Å². The van der Waals surface area contributed by atoms with E-state index in [0.717, 1.165) is 11.8 Å². The molecule has 1 amide bonds. The van der Waals surface area contributed by atoms with E-state index in [1.165, 1.54) is 37.9 Å². The molecule has 1 aromatic rings. The second kappa shape index (κ2) is 5.54. The van der Waals surface area contributed by atoms with Gasteiger partial charge < -0.3 is 15.0 Å². The summed E-state index contributed by atoms with van der Waals surface area (Å²) in [7, 11) is 1.75. The average Bonchev–Trinajstić information content (AvgIpc) is 3.04. The number of hydrogen-bond donors (Lipinski definition) is 2. The number of carbonyl (C=O) groups excluding carboxylic acids is 1. The molecule has 2 saturated carbocycles. The van der Waals surface area contributed by atoms with Crippen LogP contribution in [0, 0.1) is 17.8 Å². The van der Waals surface area contributed by atoms with Gasteiger partial charge in [-0.2, -0.15) is 0 Å². The third-order valence-corrected chi connectivity index (χ3v) is 5.12. The van der Waals surface area contributed by atoms with Crippen LogP contribution in [-0.2, 0) is 18.4 Å². The van der Waals surface area contributed by atoms with Gasteiger partial charge in [0, 0.05) is 31.4 Å². The van der Waals surface area contributed by atoms with Crippen molar-refractivity contribution in [2.24, 2.45) is 24.8 Å². The van der Waals surface area contributed by atoms with Crippen molar-refractivity contribution < 1.29 is 9.90 Å². The highest BCUT2D eigenvalue weighted by atomic mass is 16.3. The highest BCUT2D eigenvalue weighted by Crippen LogP contribution is 2.49. The van der Waals surface area contributed by atoms with Crippen LogP contribution in [0.5, 0.6) is 5.75 Å². The number of carbonyl (C=O) groups is 1. The molecule has 2 fully saturated rings. The lowest BCUT2D eigenvalue weighted by molar-refractivity contribution is -0.122. The van der Waals surface area contributed by atoms with Crippen molar-refractivity contribution in [3.63, 3.8) is 0 Å². The lowest BCUT2D eigenvalue weighted by Crippen LogP contribution is -2.28. The maximum atomic E-state index is 12.1. The van der Waals surface area contributed by atoms with Crippen LogP contribution < -0.4 is 10.7 Å². The topological polar surface area (TPSA) is 71.3 Å². The summed E-state index contributed by atoms with van der Waals surface area (Å²) in [5, 5.41) is 12.2. The molecule has 2 aliphatic carbocycles. The number of aromatic hydroxyl groups is 1. The summed E-state index contributed by atoms with van der Waals surface area (Å²) in [6, 6.07) is 1.37. The first-order chi connectivity index (χ1) is 10.0. The van der Waals surface area contributed by atoms with Crippen LogP contribution in [0.1, 0.15) is 37.8 Å². The van der Waals surface area contributed by atoms with Crippen molar-refractivity contribution in [1.82, 2.24) is 9.88 Å². The van der Waals surface area contributed by atoms with Crippen LogP contribution in [0.25, 0.3) is 0 Å². The zero-order valence-corrected chi connectivity index (χ0v) is 12.3. The van der Waals surface area contributed by atoms with Gasteiger partial charge in [-0.25, -0.2) is 0 Å². The molecule has 0 aliphatic heterocycles. The highest BCUT2D eigenvalue weighted by Gasteiger charge is 2.39. The van der Waals surface area contributed by atoms with Crippen LogP contribution in [0.2, 0.25) is 0 Å². The number of pyridine rings is 1. The van der Waals surface area contributed by atoms with E-state index < -0.39 is 5.43 Å². The Morgan fingerprint density at radius 3 is 2.90 bits per heavy atom. The standard InChI is InChI=1S/C16H22N2O3/c1-18-9-15(20)14(19)7-13(18)8-17-16(21)6-12-5-10-2-3-11(12)4-10/h7,9-12,20H,2-6,8H2,1H3,(H,17,21). The number of nitrogens with zero attached hydrogens (tertiary/aromatic N) is 1. The SMILES string of the molecule is Cn1cc(O)c(=O)cc1CNC(=O)CC1CC2CCC1C2. The molecule has 2 N–H and O–H groups in total. The van der Waals surface area contributed by atoms with Gasteiger partial charge in [0.2, 0.25) is 11.3 Å². The van der Waals surface area contributed by atoms with Crippen LogP contribution in [0.4, 0.5) is 0 Å². The Labute approximate surface area is 124 Å². The Kier molecular flexibility index (Phi) is 3.74. The van der Waals surface area contributed by atoms with E-state index >= 15 is 0 Å². The van der Waals surface area contributed by atoms with Gasteiger partial charge in [0.1, 0.15) is 0 Å². The number of rotatable bonds is 4. The van der Waals surface area contributed by atoms with E-state index in [1.807, 2.05) is 0 Å². The molecule has 3 unspecified atom stereocenters. The first-order valence-corrected chi connectivity index (χ1v) is 7.68. The van der Waals surface area contributed by atoms with Gasteiger partial charge in [-0.1, -0.05) is 6.42 Å². The first kappa shape index (κ1) is 14.2. The van der Waals surface area contributed by atoms with Crippen molar-refractivity contribution in [1.29, 1.82) is 0 Å². The summed E-state index contributed by atoms with van der Waals surface area (Å²) in [6.07, 6.45) is 7.13. The van der Waals surface area contributed by atoms with E-state index in [-0.39, 0.29) is 11.7 Å². The summed E-state index contributed by atoms with van der Waals surface area (Å²) in [6.45, 7) is 0.325. The fraction of sp³-hybridized carbons (Fsp3) is 0.625. The predicted octanol–water partition coefficient (Wildman–Crippen LogP) is 1.53. The lowest BCUT2D eigenvalue weighted by atomic mass is 9.86. The summed E-state index contributed by atoms with van der Waals surface area (Å²) < 4.78 is 1.66. The molecule has 3 atom stereocenters. The zero-order valence-electron chi connectivity index (χ0n) is 12.3. The van der Waals surface area contributed by atoms with Crippen LogP contribution >= 0.6 is 0 Å².